The zero-order valence-electron chi connectivity index (χ0n) is 11.9. The number of fused-ring (bicyclic) bond motifs is 1. The number of aryl methyl sites for hydroxylation is 1. The maximum absolute atomic E-state index is 12.5. The van der Waals surface area contributed by atoms with E-state index in [-0.39, 0.29) is 11.7 Å². The van der Waals surface area contributed by atoms with Gasteiger partial charge in [0, 0.05) is 11.4 Å². The van der Waals surface area contributed by atoms with Crippen LogP contribution in [-0.4, -0.2) is 12.4 Å². The Hall–Kier alpha value is -1.80. The molecule has 1 aliphatic rings. The minimum absolute atomic E-state index is 0.0859. The first-order valence-corrected chi connectivity index (χ1v) is 7.50. The Balaban J connectivity index is 1.72. The van der Waals surface area contributed by atoms with E-state index in [1.54, 1.807) is 0 Å². The number of hydrogen-bond acceptors (Lipinski definition) is 2. The monoisotopic (exact) mass is 300 g/mol. The Bertz CT molecular complexity index is 679. The summed E-state index contributed by atoms with van der Waals surface area (Å²) in [5.74, 6) is 1.00. The highest BCUT2D eigenvalue weighted by Crippen LogP contribution is 2.28. The lowest BCUT2D eigenvalue weighted by Gasteiger charge is -2.24. The van der Waals surface area contributed by atoms with Crippen molar-refractivity contribution in [1.82, 2.24) is 0 Å². The zero-order chi connectivity index (χ0) is 14.8. The van der Waals surface area contributed by atoms with E-state index in [1.165, 1.54) is 0 Å². The normalized spacial score (nSPS) is 17.0. The molecule has 0 saturated carbocycles. The first-order valence-electron chi connectivity index (χ1n) is 7.12. The van der Waals surface area contributed by atoms with Crippen LogP contribution in [-0.2, 0) is 17.6 Å². The van der Waals surface area contributed by atoms with Crippen LogP contribution in [0.15, 0.2) is 42.5 Å². The summed E-state index contributed by atoms with van der Waals surface area (Å²) in [6.07, 6.45) is 1.12. The van der Waals surface area contributed by atoms with Gasteiger partial charge in [-0.3, -0.25) is 4.79 Å². The van der Waals surface area contributed by atoms with Gasteiger partial charge >= 0.3 is 0 Å². The Morgan fingerprint density at radius 2 is 2.10 bits per heavy atom. The Kier molecular flexibility index (Phi) is 3.98. The molecule has 21 heavy (non-hydrogen) atoms. The van der Waals surface area contributed by atoms with Gasteiger partial charge in [0.1, 0.15) is 11.5 Å². The van der Waals surface area contributed by atoms with Gasteiger partial charge in [-0.15, -0.1) is 0 Å². The molecule has 1 aliphatic heterocycles. The van der Waals surface area contributed by atoms with Crippen molar-refractivity contribution in [3.05, 3.63) is 64.2 Å². The summed E-state index contributed by atoms with van der Waals surface area (Å²) < 4.78 is 5.69. The summed E-state index contributed by atoms with van der Waals surface area (Å²) in [6, 6.07) is 13.7. The molecule has 0 aliphatic carbocycles. The maximum Gasteiger partial charge on any atom is 0.144 e. The van der Waals surface area contributed by atoms with Gasteiger partial charge in [0.25, 0.3) is 0 Å². The van der Waals surface area contributed by atoms with Crippen LogP contribution in [0.2, 0.25) is 5.02 Å². The fourth-order valence-corrected chi connectivity index (χ4v) is 2.96. The van der Waals surface area contributed by atoms with Crippen LogP contribution in [0.4, 0.5) is 0 Å². The Morgan fingerprint density at radius 1 is 1.29 bits per heavy atom. The summed E-state index contributed by atoms with van der Waals surface area (Å²) in [4.78, 5) is 12.5. The van der Waals surface area contributed by atoms with E-state index in [9.17, 15) is 4.79 Å². The molecule has 0 fully saturated rings. The molecular formula is C18H17ClO2. The van der Waals surface area contributed by atoms with Gasteiger partial charge in [0.05, 0.1) is 12.5 Å². The van der Waals surface area contributed by atoms with Gasteiger partial charge in [-0.05, 0) is 42.2 Å². The summed E-state index contributed by atoms with van der Waals surface area (Å²) in [6.45, 7) is 2.45. The molecule has 0 aromatic heterocycles. The number of Topliss-reactive ketones (excluding diaryl/α,β-unsaturated/α-hetero) is 1. The fourth-order valence-electron chi connectivity index (χ4n) is 2.66. The molecule has 0 amide bonds. The van der Waals surface area contributed by atoms with Crippen LogP contribution in [0.25, 0.3) is 0 Å². The standard InChI is InChI=1S/C18H17ClO2/c1-12-6-7-13(16(19)8-12)10-17(20)15-9-14-4-2-3-5-18(14)21-11-15/h2-8,15H,9-11H2,1H3. The molecule has 1 unspecified atom stereocenters. The van der Waals surface area contributed by atoms with E-state index < -0.39 is 0 Å². The average Bonchev–Trinajstić information content (AvgIpc) is 2.49. The number of ketones is 1. The minimum Gasteiger partial charge on any atom is -0.493 e. The lowest BCUT2D eigenvalue weighted by atomic mass is 9.90. The molecule has 0 saturated heterocycles. The molecular weight excluding hydrogens is 284 g/mol. The van der Waals surface area contributed by atoms with Gasteiger partial charge < -0.3 is 4.74 Å². The smallest absolute Gasteiger partial charge is 0.144 e. The molecule has 108 valence electrons. The lowest BCUT2D eigenvalue weighted by molar-refractivity contribution is -0.123. The van der Waals surface area contributed by atoms with Crippen molar-refractivity contribution in [3.63, 3.8) is 0 Å². The van der Waals surface area contributed by atoms with Crippen molar-refractivity contribution in [2.45, 2.75) is 19.8 Å². The lowest BCUT2D eigenvalue weighted by Crippen LogP contribution is -2.29. The van der Waals surface area contributed by atoms with Gasteiger partial charge in [0.15, 0.2) is 0 Å². The van der Waals surface area contributed by atoms with Crippen LogP contribution in [0.1, 0.15) is 16.7 Å². The quantitative estimate of drug-likeness (QED) is 0.856. The minimum atomic E-state index is -0.0859. The molecule has 0 radical (unpaired) electrons. The highest BCUT2D eigenvalue weighted by Gasteiger charge is 2.26. The van der Waals surface area contributed by atoms with Crippen molar-refractivity contribution in [1.29, 1.82) is 0 Å². The van der Waals surface area contributed by atoms with E-state index in [4.69, 9.17) is 16.3 Å². The molecule has 1 heterocycles. The first kappa shape index (κ1) is 14.2. The summed E-state index contributed by atoms with van der Waals surface area (Å²) >= 11 is 6.21. The van der Waals surface area contributed by atoms with Crippen LogP contribution < -0.4 is 4.74 Å². The average molecular weight is 301 g/mol. The number of carbonyl (C=O) groups is 1. The van der Waals surface area contributed by atoms with E-state index in [2.05, 4.69) is 0 Å². The van der Waals surface area contributed by atoms with E-state index in [1.807, 2.05) is 49.4 Å². The predicted molar refractivity (Wildman–Crippen MR) is 84.0 cm³/mol. The molecule has 1 atom stereocenters. The molecule has 3 rings (SSSR count). The number of rotatable bonds is 3. The highest BCUT2D eigenvalue weighted by molar-refractivity contribution is 6.31. The zero-order valence-corrected chi connectivity index (χ0v) is 12.7. The first-order chi connectivity index (χ1) is 10.1. The largest absolute Gasteiger partial charge is 0.493 e. The SMILES string of the molecule is Cc1ccc(CC(=O)C2COc3ccccc3C2)c(Cl)c1. The van der Waals surface area contributed by atoms with Crippen molar-refractivity contribution >= 4 is 17.4 Å². The molecule has 0 spiro atoms. The van der Waals surface area contributed by atoms with Crippen LogP contribution in [0.3, 0.4) is 0 Å². The summed E-state index contributed by atoms with van der Waals surface area (Å²) in [5.41, 5.74) is 3.11. The molecule has 0 bridgehead atoms. The van der Waals surface area contributed by atoms with Gasteiger partial charge in [0.2, 0.25) is 0 Å². The third-order valence-electron chi connectivity index (χ3n) is 3.91. The summed E-state index contributed by atoms with van der Waals surface area (Å²) in [5, 5.41) is 0.667. The Labute approximate surface area is 129 Å². The second-order valence-corrected chi connectivity index (χ2v) is 5.96. The number of halogens is 1. The predicted octanol–water partition coefficient (Wildman–Crippen LogP) is 4.01. The number of carbonyl (C=O) groups excluding carboxylic acids is 1. The molecule has 3 heteroatoms. The van der Waals surface area contributed by atoms with E-state index in [0.29, 0.717) is 18.1 Å². The van der Waals surface area contributed by atoms with Crippen LogP contribution >= 0.6 is 11.6 Å². The van der Waals surface area contributed by atoms with Gasteiger partial charge in [-0.2, -0.15) is 0 Å². The van der Waals surface area contributed by atoms with E-state index >= 15 is 0 Å². The van der Waals surface area contributed by atoms with Crippen molar-refractivity contribution in [3.8, 4) is 5.75 Å². The fraction of sp³-hybridized carbons (Fsp3) is 0.278. The molecule has 2 aromatic carbocycles. The number of para-hydroxylation sites is 1. The van der Waals surface area contributed by atoms with Crippen molar-refractivity contribution < 1.29 is 9.53 Å². The van der Waals surface area contributed by atoms with Gasteiger partial charge in [-0.25, -0.2) is 0 Å². The Morgan fingerprint density at radius 3 is 2.90 bits per heavy atom. The van der Waals surface area contributed by atoms with Crippen LogP contribution in [0.5, 0.6) is 5.75 Å². The number of hydrogen-bond donors (Lipinski definition) is 0. The number of ether oxygens (including phenoxy) is 1. The topological polar surface area (TPSA) is 26.3 Å². The third-order valence-corrected chi connectivity index (χ3v) is 4.26. The van der Waals surface area contributed by atoms with Crippen molar-refractivity contribution in [2.75, 3.05) is 6.61 Å². The highest BCUT2D eigenvalue weighted by atomic mass is 35.5. The molecule has 0 N–H and O–H groups in total. The van der Waals surface area contributed by atoms with Crippen molar-refractivity contribution in [2.24, 2.45) is 5.92 Å². The van der Waals surface area contributed by atoms with E-state index in [0.717, 1.165) is 28.9 Å². The third kappa shape index (κ3) is 3.11. The maximum atomic E-state index is 12.5. The van der Waals surface area contributed by atoms with Crippen LogP contribution in [0, 0.1) is 12.8 Å². The number of benzene rings is 2. The second kappa shape index (κ2) is 5.90. The molecule has 2 nitrogen and oxygen atoms in total. The summed E-state index contributed by atoms with van der Waals surface area (Å²) in [7, 11) is 0. The van der Waals surface area contributed by atoms with Gasteiger partial charge in [-0.1, -0.05) is 41.9 Å². The second-order valence-electron chi connectivity index (χ2n) is 5.56. The molecule has 2 aromatic rings.